The van der Waals surface area contributed by atoms with Crippen molar-refractivity contribution in [1.82, 2.24) is 0 Å². The summed E-state index contributed by atoms with van der Waals surface area (Å²) in [5, 5.41) is 0. The molecule has 0 amide bonds. The number of methoxy groups -OCH3 is 1. The Kier molecular flexibility index (Phi) is 3.01. The van der Waals surface area contributed by atoms with Gasteiger partial charge in [0.1, 0.15) is 0 Å². The standard InChI is InChI=1S/C10H14NO2/c1-8-5-4-6-11(9(8)2)7-10(12)13-3/h4-6H,7H2,1-3H3/q+1. The third kappa shape index (κ3) is 2.28. The molecular formula is C10H14NO2+. The van der Waals surface area contributed by atoms with Crippen LogP contribution in [0.3, 0.4) is 0 Å². The van der Waals surface area contributed by atoms with Crippen LogP contribution in [0.15, 0.2) is 18.3 Å². The first kappa shape index (κ1) is 9.71. The molecule has 0 bridgehead atoms. The monoisotopic (exact) mass is 180 g/mol. The van der Waals surface area contributed by atoms with Gasteiger partial charge in [-0.2, -0.15) is 4.57 Å². The summed E-state index contributed by atoms with van der Waals surface area (Å²) >= 11 is 0. The summed E-state index contributed by atoms with van der Waals surface area (Å²) in [6, 6.07) is 3.94. The molecule has 1 heterocycles. The molecule has 1 aromatic heterocycles. The van der Waals surface area contributed by atoms with Crippen LogP contribution < -0.4 is 4.57 Å². The molecule has 0 aliphatic carbocycles. The summed E-state index contributed by atoms with van der Waals surface area (Å²) in [6.07, 6.45) is 1.87. The number of ether oxygens (including phenoxy) is 1. The highest BCUT2D eigenvalue weighted by Crippen LogP contribution is 1.98. The molecule has 0 spiro atoms. The van der Waals surface area contributed by atoms with Crippen LogP contribution >= 0.6 is 0 Å². The van der Waals surface area contributed by atoms with E-state index in [9.17, 15) is 4.79 Å². The molecule has 0 radical (unpaired) electrons. The van der Waals surface area contributed by atoms with Crippen molar-refractivity contribution >= 4 is 5.97 Å². The lowest BCUT2D eigenvalue weighted by Gasteiger charge is -2.00. The Balaban J connectivity index is 2.89. The number of esters is 1. The average molecular weight is 180 g/mol. The molecule has 3 nitrogen and oxygen atoms in total. The summed E-state index contributed by atoms with van der Waals surface area (Å²) in [6.45, 7) is 4.28. The number of carbonyl (C=O) groups is 1. The van der Waals surface area contributed by atoms with Crippen LogP contribution in [0, 0.1) is 13.8 Å². The Morgan fingerprint density at radius 2 is 2.23 bits per heavy atom. The molecule has 1 rings (SSSR count). The highest BCUT2D eigenvalue weighted by atomic mass is 16.5. The molecular weight excluding hydrogens is 166 g/mol. The van der Waals surface area contributed by atoms with E-state index in [0.29, 0.717) is 0 Å². The molecule has 0 aromatic carbocycles. The third-order valence-electron chi connectivity index (χ3n) is 2.14. The van der Waals surface area contributed by atoms with Gasteiger partial charge in [0.15, 0.2) is 11.9 Å². The number of aryl methyl sites for hydroxylation is 1. The number of rotatable bonds is 2. The molecule has 3 heteroatoms. The van der Waals surface area contributed by atoms with Crippen LogP contribution in [0.5, 0.6) is 0 Å². The maximum atomic E-state index is 11.0. The highest BCUT2D eigenvalue weighted by molar-refractivity contribution is 5.67. The van der Waals surface area contributed by atoms with Crippen LogP contribution in [-0.2, 0) is 16.1 Å². The molecule has 0 unspecified atom stereocenters. The first-order valence-corrected chi connectivity index (χ1v) is 4.17. The summed E-state index contributed by atoms with van der Waals surface area (Å²) in [5.74, 6) is -0.223. The molecule has 0 N–H and O–H groups in total. The zero-order valence-electron chi connectivity index (χ0n) is 8.20. The minimum absolute atomic E-state index is 0.223. The second-order valence-corrected chi connectivity index (χ2v) is 2.98. The number of hydrogen-bond acceptors (Lipinski definition) is 2. The van der Waals surface area contributed by atoms with Crippen molar-refractivity contribution in [1.29, 1.82) is 0 Å². The van der Waals surface area contributed by atoms with Gasteiger partial charge in [0.05, 0.1) is 7.11 Å². The van der Waals surface area contributed by atoms with E-state index in [1.165, 1.54) is 12.7 Å². The predicted octanol–water partition coefficient (Wildman–Crippen LogP) is 0.764. The van der Waals surface area contributed by atoms with Crippen LogP contribution in [0.25, 0.3) is 0 Å². The molecule has 70 valence electrons. The summed E-state index contributed by atoms with van der Waals surface area (Å²) in [4.78, 5) is 11.0. The Hall–Kier alpha value is -1.38. The van der Waals surface area contributed by atoms with Crippen LogP contribution in [-0.4, -0.2) is 13.1 Å². The smallest absolute Gasteiger partial charge is 0.372 e. The Morgan fingerprint density at radius 1 is 1.54 bits per heavy atom. The normalized spacial score (nSPS) is 9.77. The number of nitrogens with zero attached hydrogens (tertiary/aromatic N) is 1. The number of aromatic nitrogens is 1. The van der Waals surface area contributed by atoms with Gasteiger partial charge in [-0.15, -0.1) is 0 Å². The molecule has 0 aliphatic rings. The molecule has 13 heavy (non-hydrogen) atoms. The number of carbonyl (C=O) groups excluding carboxylic acids is 1. The molecule has 0 saturated heterocycles. The third-order valence-corrected chi connectivity index (χ3v) is 2.14. The molecule has 1 aromatic rings. The summed E-state index contributed by atoms with van der Waals surface area (Å²) in [5.41, 5.74) is 2.26. The Morgan fingerprint density at radius 3 is 2.85 bits per heavy atom. The Bertz CT molecular complexity index is 321. The number of hydrogen-bond donors (Lipinski definition) is 0. The Labute approximate surface area is 78.0 Å². The fourth-order valence-electron chi connectivity index (χ4n) is 1.13. The SMILES string of the molecule is COC(=O)C[n+]1cccc(C)c1C. The van der Waals surface area contributed by atoms with Crippen molar-refractivity contribution in [3.63, 3.8) is 0 Å². The minimum Gasteiger partial charge on any atom is -0.464 e. The summed E-state index contributed by atoms with van der Waals surface area (Å²) in [7, 11) is 1.40. The van der Waals surface area contributed by atoms with Gasteiger partial charge in [0.25, 0.3) is 0 Å². The minimum atomic E-state index is -0.223. The maximum absolute atomic E-state index is 11.0. The van der Waals surface area contributed by atoms with Gasteiger partial charge in [-0.1, -0.05) is 0 Å². The molecule has 0 saturated carbocycles. The lowest BCUT2D eigenvalue weighted by atomic mass is 10.2. The van der Waals surface area contributed by atoms with E-state index in [-0.39, 0.29) is 12.5 Å². The first-order valence-electron chi connectivity index (χ1n) is 4.17. The maximum Gasteiger partial charge on any atom is 0.372 e. The van der Waals surface area contributed by atoms with E-state index in [2.05, 4.69) is 4.74 Å². The van der Waals surface area contributed by atoms with Gasteiger partial charge >= 0.3 is 5.97 Å². The van der Waals surface area contributed by atoms with E-state index in [1.807, 2.05) is 36.7 Å². The second-order valence-electron chi connectivity index (χ2n) is 2.98. The zero-order valence-corrected chi connectivity index (χ0v) is 8.20. The van der Waals surface area contributed by atoms with Gasteiger partial charge in [-0.05, 0) is 13.0 Å². The van der Waals surface area contributed by atoms with E-state index < -0.39 is 0 Å². The quantitative estimate of drug-likeness (QED) is 0.497. The second kappa shape index (κ2) is 4.03. The lowest BCUT2D eigenvalue weighted by molar-refractivity contribution is -0.692. The van der Waals surface area contributed by atoms with Crippen LogP contribution in [0.1, 0.15) is 11.3 Å². The van der Waals surface area contributed by atoms with Crippen molar-refractivity contribution in [3.8, 4) is 0 Å². The van der Waals surface area contributed by atoms with Gasteiger partial charge in [0.2, 0.25) is 6.54 Å². The van der Waals surface area contributed by atoms with Crippen LogP contribution in [0.4, 0.5) is 0 Å². The fourth-order valence-corrected chi connectivity index (χ4v) is 1.13. The van der Waals surface area contributed by atoms with Crippen LogP contribution in [0.2, 0.25) is 0 Å². The van der Waals surface area contributed by atoms with Crippen molar-refractivity contribution in [2.24, 2.45) is 0 Å². The lowest BCUT2D eigenvalue weighted by Crippen LogP contribution is -2.41. The van der Waals surface area contributed by atoms with E-state index in [0.717, 1.165) is 5.69 Å². The van der Waals surface area contributed by atoms with E-state index in [4.69, 9.17) is 0 Å². The van der Waals surface area contributed by atoms with Crippen molar-refractivity contribution in [2.75, 3.05) is 7.11 Å². The molecule has 0 aliphatic heterocycles. The van der Waals surface area contributed by atoms with Crippen molar-refractivity contribution < 1.29 is 14.1 Å². The fraction of sp³-hybridized carbons (Fsp3) is 0.400. The van der Waals surface area contributed by atoms with Gasteiger partial charge in [0, 0.05) is 18.6 Å². The highest BCUT2D eigenvalue weighted by Gasteiger charge is 2.12. The molecule has 0 atom stereocenters. The molecule has 0 fully saturated rings. The van der Waals surface area contributed by atoms with E-state index >= 15 is 0 Å². The zero-order chi connectivity index (χ0) is 9.84. The van der Waals surface area contributed by atoms with Crippen molar-refractivity contribution in [3.05, 3.63) is 29.6 Å². The van der Waals surface area contributed by atoms with Gasteiger partial charge in [-0.3, -0.25) is 0 Å². The van der Waals surface area contributed by atoms with Gasteiger partial charge < -0.3 is 4.74 Å². The average Bonchev–Trinajstić information content (AvgIpc) is 2.13. The number of pyridine rings is 1. The largest absolute Gasteiger partial charge is 0.464 e. The first-order chi connectivity index (χ1) is 6.15. The topological polar surface area (TPSA) is 30.2 Å². The summed E-state index contributed by atoms with van der Waals surface area (Å²) < 4.78 is 6.47. The van der Waals surface area contributed by atoms with Gasteiger partial charge in [-0.25, -0.2) is 4.79 Å². The van der Waals surface area contributed by atoms with Crippen molar-refractivity contribution in [2.45, 2.75) is 20.4 Å². The van der Waals surface area contributed by atoms with E-state index in [1.54, 1.807) is 0 Å². The predicted molar refractivity (Wildman–Crippen MR) is 48.1 cm³/mol.